The first-order valence-electron chi connectivity index (χ1n) is 7.11. The van der Waals surface area contributed by atoms with Gasteiger partial charge in [0.1, 0.15) is 0 Å². The minimum absolute atomic E-state index is 0.147. The van der Waals surface area contributed by atoms with E-state index in [0.29, 0.717) is 0 Å². The number of carbonyl (C=O) groups is 1. The molecule has 1 N–H and O–H groups in total. The highest BCUT2D eigenvalue weighted by Crippen LogP contribution is 2.28. The van der Waals surface area contributed by atoms with Gasteiger partial charge in [0.05, 0.1) is 5.69 Å². The number of hydrogen-bond donors (Lipinski definition) is 1. The minimum Gasteiger partial charge on any atom is -0.321 e. The summed E-state index contributed by atoms with van der Waals surface area (Å²) in [7, 11) is 0. The second-order valence-corrected chi connectivity index (χ2v) is 6.84. The lowest BCUT2D eigenvalue weighted by atomic mass is 10.2. The molecule has 3 aromatic rings. The number of anilines is 1. The van der Waals surface area contributed by atoms with E-state index < -0.39 is 0 Å². The molecule has 1 aromatic heterocycles. The van der Waals surface area contributed by atoms with Crippen molar-refractivity contribution < 1.29 is 4.79 Å². The lowest BCUT2D eigenvalue weighted by Gasteiger charge is -2.03. The monoisotopic (exact) mass is 383 g/mol. The number of carbonyl (C=O) groups excluding carboxylic acids is 1. The highest BCUT2D eigenvalue weighted by Gasteiger charge is 2.03. The molecule has 0 radical (unpaired) electrons. The molecule has 0 aliphatic rings. The van der Waals surface area contributed by atoms with Crippen LogP contribution >= 0.6 is 27.3 Å². The van der Waals surface area contributed by atoms with E-state index in [4.69, 9.17) is 0 Å². The SMILES string of the molecule is O=C(/C=C/c1ccc(-c2ccccc2)s1)Nc1ccccc1Br. The zero-order valence-electron chi connectivity index (χ0n) is 12.2. The number of nitrogens with one attached hydrogen (secondary N) is 1. The third-order valence-corrected chi connectivity index (χ3v) is 5.01. The highest BCUT2D eigenvalue weighted by atomic mass is 79.9. The van der Waals surface area contributed by atoms with Crippen molar-refractivity contribution in [2.24, 2.45) is 0 Å². The molecule has 0 unspecified atom stereocenters. The van der Waals surface area contributed by atoms with Gasteiger partial charge in [0.25, 0.3) is 0 Å². The third kappa shape index (κ3) is 4.18. The molecule has 0 spiro atoms. The summed E-state index contributed by atoms with van der Waals surface area (Å²) in [5.74, 6) is -0.147. The topological polar surface area (TPSA) is 29.1 Å². The van der Waals surface area contributed by atoms with Crippen molar-refractivity contribution in [2.75, 3.05) is 5.32 Å². The fraction of sp³-hybridized carbons (Fsp3) is 0. The summed E-state index contributed by atoms with van der Waals surface area (Å²) >= 11 is 5.07. The molecule has 0 atom stereocenters. The van der Waals surface area contributed by atoms with Gasteiger partial charge in [-0.05, 0) is 51.8 Å². The Kier molecular flexibility index (Phi) is 5.05. The molecule has 1 amide bonds. The Balaban J connectivity index is 1.68. The quantitative estimate of drug-likeness (QED) is 0.564. The van der Waals surface area contributed by atoms with Gasteiger partial charge in [0, 0.05) is 20.3 Å². The normalized spacial score (nSPS) is 10.8. The van der Waals surface area contributed by atoms with Crippen molar-refractivity contribution in [3.05, 3.63) is 82.2 Å². The van der Waals surface area contributed by atoms with Crippen LogP contribution in [0.25, 0.3) is 16.5 Å². The van der Waals surface area contributed by atoms with Crippen LogP contribution in [0.2, 0.25) is 0 Å². The van der Waals surface area contributed by atoms with Crippen molar-refractivity contribution in [1.29, 1.82) is 0 Å². The molecule has 4 heteroatoms. The van der Waals surface area contributed by atoms with Crippen molar-refractivity contribution >= 4 is 44.9 Å². The summed E-state index contributed by atoms with van der Waals surface area (Å²) in [6.07, 6.45) is 3.39. The van der Waals surface area contributed by atoms with Crippen LogP contribution in [0.5, 0.6) is 0 Å². The predicted octanol–water partition coefficient (Wildman–Crippen LogP) is 5.83. The van der Waals surface area contributed by atoms with E-state index in [1.54, 1.807) is 17.4 Å². The summed E-state index contributed by atoms with van der Waals surface area (Å²) in [5, 5.41) is 2.85. The molecule has 0 fully saturated rings. The maximum absolute atomic E-state index is 12.0. The molecule has 2 nitrogen and oxygen atoms in total. The zero-order valence-corrected chi connectivity index (χ0v) is 14.6. The Hall–Kier alpha value is -2.17. The molecular weight excluding hydrogens is 370 g/mol. The number of para-hydroxylation sites is 1. The maximum atomic E-state index is 12.0. The van der Waals surface area contributed by atoms with E-state index in [2.05, 4.69) is 39.4 Å². The number of halogens is 1. The number of hydrogen-bond acceptors (Lipinski definition) is 2. The van der Waals surface area contributed by atoms with Crippen LogP contribution in [0.1, 0.15) is 4.88 Å². The summed E-state index contributed by atoms with van der Waals surface area (Å²) in [6, 6.07) is 21.9. The first-order chi connectivity index (χ1) is 11.2. The van der Waals surface area contributed by atoms with Crippen LogP contribution in [0.3, 0.4) is 0 Å². The highest BCUT2D eigenvalue weighted by molar-refractivity contribution is 9.10. The molecule has 2 aromatic carbocycles. The molecule has 0 bridgehead atoms. The van der Waals surface area contributed by atoms with Gasteiger partial charge in [-0.2, -0.15) is 0 Å². The van der Waals surface area contributed by atoms with E-state index in [1.165, 1.54) is 10.4 Å². The average molecular weight is 384 g/mol. The van der Waals surface area contributed by atoms with Crippen LogP contribution in [0.15, 0.2) is 77.3 Å². The minimum atomic E-state index is -0.147. The fourth-order valence-electron chi connectivity index (χ4n) is 2.09. The summed E-state index contributed by atoms with van der Waals surface area (Å²) in [5.41, 5.74) is 1.95. The van der Waals surface area contributed by atoms with Crippen molar-refractivity contribution in [1.82, 2.24) is 0 Å². The predicted molar refractivity (Wildman–Crippen MR) is 102 cm³/mol. The van der Waals surface area contributed by atoms with Crippen molar-refractivity contribution in [2.45, 2.75) is 0 Å². The largest absolute Gasteiger partial charge is 0.321 e. The Morgan fingerprint density at radius 3 is 2.48 bits per heavy atom. The van der Waals surface area contributed by atoms with Crippen LogP contribution in [-0.2, 0) is 4.79 Å². The summed E-state index contributed by atoms with van der Waals surface area (Å²) < 4.78 is 0.865. The smallest absolute Gasteiger partial charge is 0.248 e. The lowest BCUT2D eigenvalue weighted by Crippen LogP contribution is -2.07. The molecule has 114 valence electrons. The number of thiophene rings is 1. The average Bonchev–Trinajstić information content (AvgIpc) is 3.05. The van der Waals surface area contributed by atoms with Gasteiger partial charge < -0.3 is 5.32 Å². The fourth-order valence-corrected chi connectivity index (χ4v) is 3.39. The number of benzene rings is 2. The van der Waals surface area contributed by atoms with Gasteiger partial charge in [-0.25, -0.2) is 0 Å². The molecule has 0 aliphatic carbocycles. The van der Waals surface area contributed by atoms with Crippen LogP contribution in [0.4, 0.5) is 5.69 Å². The van der Waals surface area contributed by atoms with Gasteiger partial charge in [0.15, 0.2) is 0 Å². The van der Waals surface area contributed by atoms with E-state index in [0.717, 1.165) is 15.0 Å². The Morgan fingerprint density at radius 2 is 1.70 bits per heavy atom. The zero-order chi connectivity index (χ0) is 16.1. The number of amides is 1. The van der Waals surface area contributed by atoms with E-state index >= 15 is 0 Å². The Morgan fingerprint density at radius 1 is 0.957 bits per heavy atom. The van der Waals surface area contributed by atoms with Gasteiger partial charge in [0.2, 0.25) is 5.91 Å². The molecular formula is C19H14BrNOS. The second-order valence-electron chi connectivity index (χ2n) is 4.87. The lowest BCUT2D eigenvalue weighted by molar-refractivity contribution is -0.111. The van der Waals surface area contributed by atoms with Crippen LogP contribution in [-0.4, -0.2) is 5.91 Å². The maximum Gasteiger partial charge on any atom is 0.248 e. The van der Waals surface area contributed by atoms with Crippen molar-refractivity contribution in [3.8, 4) is 10.4 Å². The first kappa shape index (κ1) is 15.7. The molecule has 23 heavy (non-hydrogen) atoms. The van der Waals surface area contributed by atoms with Gasteiger partial charge >= 0.3 is 0 Å². The third-order valence-electron chi connectivity index (χ3n) is 3.22. The Bertz CT molecular complexity index is 839. The van der Waals surface area contributed by atoms with Gasteiger partial charge in [-0.1, -0.05) is 42.5 Å². The molecule has 0 saturated carbocycles. The van der Waals surface area contributed by atoms with Gasteiger partial charge in [-0.3, -0.25) is 4.79 Å². The second kappa shape index (κ2) is 7.40. The first-order valence-corrected chi connectivity index (χ1v) is 8.72. The van der Waals surface area contributed by atoms with E-state index in [-0.39, 0.29) is 5.91 Å². The summed E-state index contributed by atoms with van der Waals surface area (Å²) in [6.45, 7) is 0. The van der Waals surface area contributed by atoms with Crippen LogP contribution in [0, 0.1) is 0 Å². The number of rotatable bonds is 4. The summed E-state index contributed by atoms with van der Waals surface area (Å²) in [4.78, 5) is 14.2. The standard InChI is InChI=1S/C19H14BrNOS/c20-16-8-4-5-9-17(16)21-19(22)13-11-15-10-12-18(23-15)14-6-2-1-3-7-14/h1-13H,(H,21,22)/b13-11+. The van der Waals surface area contributed by atoms with Gasteiger partial charge in [-0.15, -0.1) is 11.3 Å². The molecule has 0 aliphatic heterocycles. The van der Waals surface area contributed by atoms with E-state index in [9.17, 15) is 4.79 Å². The van der Waals surface area contributed by atoms with Crippen LogP contribution < -0.4 is 5.32 Å². The van der Waals surface area contributed by atoms with E-state index in [1.807, 2.05) is 54.6 Å². The molecule has 3 rings (SSSR count). The molecule has 0 saturated heterocycles. The Labute approximate surface area is 147 Å². The molecule has 1 heterocycles. The van der Waals surface area contributed by atoms with Crippen molar-refractivity contribution in [3.63, 3.8) is 0 Å².